The Morgan fingerprint density at radius 1 is 1.00 bits per heavy atom. The topological polar surface area (TPSA) is 66.0 Å². The maximum atomic E-state index is 7.87. The molecule has 0 saturated heterocycles. The molecule has 4 nitrogen and oxygen atoms in total. The second-order valence-electron chi connectivity index (χ2n) is 1.85. The molecule has 0 unspecified atom stereocenters. The second-order valence-corrected chi connectivity index (χ2v) is 5.13. The standard InChI is InChI=1S/2C4H7NO.2ClH.Pt/c2*1-6-4-2-3-5;;;/h2*2,4H2,1H3;2*1H;/q;;;;+2/p-2. The van der Waals surface area contributed by atoms with Crippen LogP contribution in [0.15, 0.2) is 0 Å². The first kappa shape index (κ1) is 20.6. The summed E-state index contributed by atoms with van der Waals surface area (Å²) in [5.41, 5.74) is 0. The number of nitriles is 2. The molecule has 0 heterocycles. The van der Waals surface area contributed by atoms with Gasteiger partial charge < -0.3 is 9.47 Å². The van der Waals surface area contributed by atoms with Crippen LogP contribution in [-0.2, 0) is 26.0 Å². The first-order chi connectivity index (χ1) is 7.24. The Kier molecular flexibility index (Phi) is 40.1. The monoisotopic (exact) mass is 435 g/mol. The van der Waals surface area contributed by atoms with Crippen LogP contribution in [0.2, 0.25) is 0 Å². The van der Waals surface area contributed by atoms with Crippen molar-refractivity contribution in [3.8, 4) is 12.1 Å². The minimum absolute atomic E-state index is 0.472. The number of ether oxygens (including phenoxy) is 2. The SMILES string of the molecule is COCCC#N.COCCC#N.[Cl][Pt][Cl]. The van der Waals surface area contributed by atoms with Gasteiger partial charge >= 0.3 is 35.3 Å². The zero-order chi connectivity index (χ0) is 12.4. The normalized spacial score (nSPS) is 7.33. The zero-order valence-corrected chi connectivity index (χ0v) is 12.4. The molecular weight excluding hydrogens is 422 g/mol. The molecule has 0 fully saturated rings. The van der Waals surface area contributed by atoms with Gasteiger partial charge in [0.2, 0.25) is 0 Å². The van der Waals surface area contributed by atoms with E-state index in [9.17, 15) is 0 Å². The van der Waals surface area contributed by atoms with Gasteiger partial charge in [-0.2, -0.15) is 10.5 Å². The summed E-state index contributed by atoms with van der Waals surface area (Å²) in [6.07, 6.45) is 0.993. The van der Waals surface area contributed by atoms with E-state index in [0.29, 0.717) is 26.1 Å². The summed E-state index contributed by atoms with van der Waals surface area (Å²) in [5, 5.41) is 15.7. The maximum absolute atomic E-state index is 7.87. The average molecular weight is 436 g/mol. The predicted octanol–water partition coefficient (Wildman–Crippen LogP) is 2.47. The van der Waals surface area contributed by atoms with E-state index in [4.69, 9.17) is 29.4 Å². The fraction of sp³-hybridized carbons (Fsp3) is 0.750. The zero-order valence-electron chi connectivity index (χ0n) is 8.61. The molecule has 92 valence electrons. The van der Waals surface area contributed by atoms with E-state index in [1.54, 1.807) is 14.2 Å². The first-order valence-electron chi connectivity index (χ1n) is 3.79. The minimum atomic E-state index is -0.472. The van der Waals surface area contributed by atoms with Crippen molar-refractivity contribution >= 4 is 18.8 Å². The Balaban J connectivity index is -0.000000153. The third-order valence-corrected chi connectivity index (χ3v) is 0.836. The van der Waals surface area contributed by atoms with Gasteiger partial charge in [-0.25, -0.2) is 0 Å². The van der Waals surface area contributed by atoms with Gasteiger partial charge in [0.15, 0.2) is 0 Å². The van der Waals surface area contributed by atoms with Crippen molar-refractivity contribution in [3.05, 3.63) is 0 Å². The molecule has 15 heavy (non-hydrogen) atoms. The molecule has 0 N–H and O–H groups in total. The molecule has 0 aliphatic rings. The number of rotatable bonds is 4. The summed E-state index contributed by atoms with van der Waals surface area (Å²) >= 11 is -0.472. The van der Waals surface area contributed by atoms with Gasteiger partial charge in [0.1, 0.15) is 0 Å². The Morgan fingerprint density at radius 2 is 1.27 bits per heavy atom. The van der Waals surface area contributed by atoms with E-state index in [0.717, 1.165) is 0 Å². The van der Waals surface area contributed by atoms with Crippen LogP contribution in [0.4, 0.5) is 0 Å². The van der Waals surface area contributed by atoms with Crippen molar-refractivity contribution in [1.82, 2.24) is 0 Å². The molecule has 0 amide bonds. The van der Waals surface area contributed by atoms with Crippen LogP contribution in [0.1, 0.15) is 12.8 Å². The van der Waals surface area contributed by atoms with Crippen LogP contribution in [0, 0.1) is 22.7 Å². The molecule has 0 aromatic rings. The molecule has 0 aliphatic carbocycles. The van der Waals surface area contributed by atoms with Gasteiger partial charge in [0.05, 0.1) is 38.2 Å². The third-order valence-electron chi connectivity index (χ3n) is 0.836. The van der Waals surface area contributed by atoms with E-state index in [1.165, 1.54) is 0 Å². The van der Waals surface area contributed by atoms with Crippen molar-refractivity contribution in [2.45, 2.75) is 12.8 Å². The molecule has 0 spiro atoms. The number of methoxy groups -OCH3 is 2. The van der Waals surface area contributed by atoms with Gasteiger partial charge in [-0.1, -0.05) is 0 Å². The van der Waals surface area contributed by atoms with Crippen molar-refractivity contribution in [3.63, 3.8) is 0 Å². The molecule has 0 aliphatic heterocycles. The van der Waals surface area contributed by atoms with Crippen LogP contribution in [0.5, 0.6) is 0 Å². The quantitative estimate of drug-likeness (QED) is 0.636. The first-order valence-corrected chi connectivity index (χ1v) is 9.42. The second kappa shape index (κ2) is 29.2. The number of halogens is 2. The Hall–Kier alpha value is 0.168. The van der Waals surface area contributed by atoms with Crippen LogP contribution in [0.3, 0.4) is 0 Å². The van der Waals surface area contributed by atoms with Gasteiger partial charge in [0, 0.05) is 14.2 Å². The molecule has 0 atom stereocenters. The van der Waals surface area contributed by atoms with Crippen molar-refractivity contribution < 1.29 is 26.0 Å². The van der Waals surface area contributed by atoms with Crippen LogP contribution in [-0.4, -0.2) is 27.4 Å². The van der Waals surface area contributed by atoms with E-state index >= 15 is 0 Å². The van der Waals surface area contributed by atoms with Gasteiger partial charge in [-0.05, 0) is 0 Å². The fourth-order valence-electron chi connectivity index (χ4n) is 0.295. The molecule has 0 rings (SSSR count). The summed E-state index contributed by atoms with van der Waals surface area (Å²) < 4.78 is 9.12. The molecule has 0 aromatic heterocycles. The summed E-state index contributed by atoms with van der Waals surface area (Å²) in [7, 11) is 12.9. The van der Waals surface area contributed by atoms with E-state index in [-0.39, 0.29) is 0 Å². The third kappa shape index (κ3) is 55.1. The van der Waals surface area contributed by atoms with Gasteiger partial charge in [-0.3, -0.25) is 0 Å². The summed E-state index contributed by atoms with van der Waals surface area (Å²) in [4.78, 5) is 0. The average Bonchev–Trinajstić information content (AvgIpc) is 2.25. The summed E-state index contributed by atoms with van der Waals surface area (Å²) in [6.45, 7) is 1.10. The van der Waals surface area contributed by atoms with Crippen LogP contribution in [0.25, 0.3) is 0 Å². The van der Waals surface area contributed by atoms with Crippen molar-refractivity contribution in [2.75, 3.05) is 27.4 Å². The van der Waals surface area contributed by atoms with Crippen molar-refractivity contribution in [1.29, 1.82) is 10.5 Å². The Bertz CT molecular complexity index is 153. The Labute approximate surface area is 107 Å². The van der Waals surface area contributed by atoms with Crippen LogP contribution < -0.4 is 0 Å². The molecule has 7 heteroatoms. The summed E-state index contributed by atoms with van der Waals surface area (Å²) in [6, 6.07) is 3.89. The number of nitrogens with zero attached hydrogens (tertiary/aromatic N) is 2. The van der Waals surface area contributed by atoms with E-state index < -0.39 is 16.5 Å². The molecule has 0 saturated carbocycles. The summed E-state index contributed by atoms with van der Waals surface area (Å²) in [5.74, 6) is 0. The number of hydrogen-bond donors (Lipinski definition) is 0. The fourth-order valence-corrected chi connectivity index (χ4v) is 0.295. The Morgan fingerprint density at radius 3 is 1.33 bits per heavy atom. The van der Waals surface area contributed by atoms with Gasteiger partial charge in [0.25, 0.3) is 0 Å². The van der Waals surface area contributed by atoms with Crippen LogP contribution >= 0.6 is 18.8 Å². The number of hydrogen-bond acceptors (Lipinski definition) is 4. The molecule has 0 aromatic carbocycles. The molecular formula is C8H14Cl2N2O2Pt. The predicted molar refractivity (Wildman–Crippen MR) is 55.9 cm³/mol. The van der Waals surface area contributed by atoms with Gasteiger partial charge in [-0.15, -0.1) is 0 Å². The van der Waals surface area contributed by atoms with E-state index in [2.05, 4.69) is 9.47 Å². The molecule has 0 radical (unpaired) electrons. The molecule has 0 bridgehead atoms. The van der Waals surface area contributed by atoms with E-state index in [1.807, 2.05) is 12.1 Å². The van der Waals surface area contributed by atoms with Crippen molar-refractivity contribution in [2.24, 2.45) is 0 Å².